The van der Waals surface area contributed by atoms with Gasteiger partial charge < -0.3 is 4.74 Å². The zero-order chi connectivity index (χ0) is 15.1. The van der Waals surface area contributed by atoms with Gasteiger partial charge in [-0.25, -0.2) is 4.39 Å². The molecule has 3 nitrogen and oxygen atoms in total. The molecule has 0 N–H and O–H groups in total. The number of pyridine rings is 1. The van der Waals surface area contributed by atoms with Gasteiger partial charge in [0, 0.05) is 18.2 Å². The summed E-state index contributed by atoms with van der Waals surface area (Å²) in [4.78, 5) is 15.4. The number of unbranched alkanes of at least 4 members (excludes halogenated alkanes) is 1. The molecule has 110 valence electrons. The summed E-state index contributed by atoms with van der Waals surface area (Å²) >= 11 is 0. The monoisotopic (exact) mass is 287 g/mol. The first-order chi connectivity index (χ1) is 10.2. The van der Waals surface area contributed by atoms with Gasteiger partial charge in [-0.1, -0.05) is 6.07 Å². The van der Waals surface area contributed by atoms with Crippen molar-refractivity contribution >= 4 is 5.97 Å². The molecule has 0 aliphatic carbocycles. The number of carbonyl (C=O) groups excluding carboxylic acids is 1. The Morgan fingerprint density at radius 2 is 1.90 bits per heavy atom. The zero-order valence-electron chi connectivity index (χ0n) is 12.0. The molecule has 0 amide bonds. The number of carbonyl (C=O) groups is 1. The van der Waals surface area contributed by atoms with Crippen LogP contribution >= 0.6 is 0 Å². The van der Waals surface area contributed by atoms with Crippen LogP contribution in [0.15, 0.2) is 42.6 Å². The number of esters is 1. The van der Waals surface area contributed by atoms with Crippen LogP contribution in [0.1, 0.15) is 24.8 Å². The van der Waals surface area contributed by atoms with Crippen molar-refractivity contribution in [3.05, 3.63) is 54.0 Å². The van der Waals surface area contributed by atoms with Gasteiger partial charge >= 0.3 is 5.97 Å². The van der Waals surface area contributed by atoms with Crippen LogP contribution < -0.4 is 0 Å². The van der Waals surface area contributed by atoms with E-state index >= 15 is 0 Å². The second kappa shape index (κ2) is 7.53. The van der Waals surface area contributed by atoms with Crippen LogP contribution in [0.5, 0.6) is 0 Å². The molecule has 0 aliphatic rings. The summed E-state index contributed by atoms with van der Waals surface area (Å²) in [7, 11) is 1.40. The molecule has 0 bridgehead atoms. The summed E-state index contributed by atoms with van der Waals surface area (Å²) in [5.41, 5.74) is 2.85. The van der Waals surface area contributed by atoms with E-state index in [9.17, 15) is 9.18 Å². The third-order valence-electron chi connectivity index (χ3n) is 3.29. The molecule has 0 spiro atoms. The molecular weight excluding hydrogens is 269 g/mol. The van der Waals surface area contributed by atoms with Gasteiger partial charge in [0.05, 0.1) is 12.8 Å². The van der Waals surface area contributed by atoms with E-state index in [0.29, 0.717) is 6.42 Å². The standard InChI is InChI=1S/C17H18FNO2/c1-21-17(20)5-3-2-4-13-6-11-16(19-12-13)14-7-9-15(18)10-8-14/h6-12H,2-5H2,1H3. The number of aromatic nitrogens is 1. The van der Waals surface area contributed by atoms with Crippen molar-refractivity contribution in [2.75, 3.05) is 7.11 Å². The Bertz CT molecular complexity index is 579. The van der Waals surface area contributed by atoms with Crippen molar-refractivity contribution in [2.45, 2.75) is 25.7 Å². The third-order valence-corrected chi connectivity index (χ3v) is 3.29. The molecule has 0 radical (unpaired) electrons. The molecule has 0 aliphatic heterocycles. The van der Waals surface area contributed by atoms with Gasteiger partial charge in [-0.05, 0) is 55.2 Å². The minimum Gasteiger partial charge on any atom is -0.469 e. The van der Waals surface area contributed by atoms with Crippen LogP contribution in [-0.4, -0.2) is 18.1 Å². The van der Waals surface area contributed by atoms with Crippen molar-refractivity contribution in [3.8, 4) is 11.3 Å². The Balaban J connectivity index is 1.87. The molecule has 0 unspecified atom stereocenters. The van der Waals surface area contributed by atoms with Crippen LogP contribution in [-0.2, 0) is 16.0 Å². The van der Waals surface area contributed by atoms with Crippen LogP contribution in [0.4, 0.5) is 4.39 Å². The zero-order valence-corrected chi connectivity index (χ0v) is 12.0. The van der Waals surface area contributed by atoms with Crippen molar-refractivity contribution < 1.29 is 13.9 Å². The fourth-order valence-electron chi connectivity index (χ4n) is 2.06. The van der Waals surface area contributed by atoms with E-state index < -0.39 is 0 Å². The lowest BCUT2D eigenvalue weighted by Crippen LogP contribution is -1.99. The highest BCUT2D eigenvalue weighted by Crippen LogP contribution is 2.18. The minimum absolute atomic E-state index is 0.167. The fourth-order valence-corrected chi connectivity index (χ4v) is 2.06. The van der Waals surface area contributed by atoms with Crippen molar-refractivity contribution in [3.63, 3.8) is 0 Å². The number of benzene rings is 1. The van der Waals surface area contributed by atoms with Crippen LogP contribution in [0.25, 0.3) is 11.3 Å². The Morgan fingerprint density at radius 3 is 2.52 bits per heavy atom. The Labute approximate surface area is 123 Å². The Morgan fingerprint density at radius 1 is 1.14 bits per heavy atom. The van der Waals surface area contributed by atoms with E-state index in [4.69, 9.17) is 0 Å². The number of methoxy groups -OCH3 is 1. The number of ether oxygens (including phenoxy) is 1. The van der Waals surface area contributed by atoms with E-state index in [0.717, 1.165) is 36.1 Å². The molecular formula is C17H18FNO2. The minimum atomic E-state index is -0.249. The van der Waals surface area contributed by atoms with Crippen LogP contribution in [0, 0.1) is 5.82 Å². The van der Waals surface area contributed by atoms with Gasteiger partial charge in [0.2, 0.25) is 0 Å². The van der Waals surface area contributed by atoms with Gasteiger partial charge in [0.25, 0.3) is 0 Å². The summed E-state index contributed by atoms with van der Waals surface area (Å²) in [6.45, 7) is 0. The first-order valence-electron chi connectivity index (χ1n) is 6.97. The molecule has 0 saturated heterocycles. The predicted molar refractivity (Wildman–Crippen MR) is 79.2 cm³/mol. The number of halogens is 1. The highest BCUT2D eigenvalue weighted by Gasteiger charge is 2.02. The number of hydrogen-bond acceptors (Lipinski definition) is 3. The van der Waals surface area contributed by atoms with Crippen molar-refractivity contribution in [1.29, 1.82) is 0 Å². The molecule has 0 atom stereocenters. The molecule has 0 fully saturated rings. The number of rotatable bonds is 6. The van der Waals surface area contributed by atoms with E-state index in [1.807, 2.05) is 18.3 Å². The number of hydrogen-bond donors (Lipinski definition) is 0. The third kappa shape index (κ3) is 4.67. The lowest BCUT2D eigenvalue weighted by Gasteiger charge is -2.04. The van der Waals surface area contributed by atoms with Crippen LogP contribution in [0.2, 0.25) is 0 Å². The van der Waals surface area contributed by atoms with E-state index in [2.05, 4.69) is 9.72 Å². The molecule has 2 rings (SSSR count). The Kier molecular flexibility index (Phi) is 5.43. The molecule has 21 heavy (non-hydrogen) atoms. The largest absolute Gasteiger partial charge is 0.469 e. The topological polar surface area (TPSA) is 39.2 Å². The summed E-state index contributed by atoms with van der Waals surface area (Å²) in [6, 6.07) is 10.2. The molecule has 1 heterocycles. The van der Waals surface area contributed by atoms with E-state index in [-0.39, 0.29) is 11.8 Å². The summed E-state index contributed by atoms with van der Waals surface area (Å²) < 4.78 is 17.5. The summed E-state index contributed by atoms with van der Waals surface area (Å²) in [5.74, 6) is -0.416. The second-order valence-electron chi connectivity index (χ2n) is 4.84. The van der Waals surface area contributed by atoms with E-state index in [1.165, 1.54) is 19.2 Å². The first kappa shape index (κ1) is 15.2. The average Bonchev–Trinajstić information content (AvgIpc) is 2.52. The molecule has 1 aromatic carbocycles. The van der Waals surface area contributed by atoms with Gasteiger partial charge in [0.15, 0.2) is 0 Å². The Hall–Kier alpha value is -2.23. The summed E-state index contributed by atoms with van der Waals surface area (Å²) in [5, 5.41) is 0. The van der Waals surface area contributed by atoms with Crippen molar-refractivity contribution in [1.82, 2.24) is 4.98 Å². The quantitative estimate of drug-likeness (QED) is 0.599. The molecule has 4 heteroatoms. The average molecular weight is 287 g/mol. The molecule has 1 aromatic heterocycles. The van der Waals surface area contributed by atoms with Gasteiger partial charge in [-0.15, -0.1) is 0 Å². The highest BCUT2D eigenvalue weighted by molar-refractivity contribution is 5.69. The lowest BCUT2D eigenvalue weighted by molar-refractivity contribution is -0.140. The smallest absolute Gasteiger partial charge is 0.305 e. The number of nitrogens with zero attached hydrogens (tertiary/aromatic N) is 1. The van der Waals surface area contributed by atoms with Crippen molar-refractivity contribution in [2.24, 2.45) is 0 Å². The molecule has 0 saturated carbocycles. The number of aryl methyl sites for hydroxylation is 1. The highest BCUT2D eigenvalue weighted by atomic mass is 19.1. The SMILES string of the molecule is COC(=O)CCCCc1ccc(-c2ccc(F)cc2)nc1. The van der Waals surface area contributed by atoms with Gasteiger partial charge in [-0.2, -0.15) is 0 Å². The maximum absolute atomic E-state index is 12.9. The lowest BCUT2D eigenvalue weighted by atomic mass is 10.1. The fraction of sp³-hybridized carbons (Fsp3) is 0.294. The van der Waals surface area contributed by atoms with E-state index in [1.54, 1.807) is 12.1 Å². The maximum Gasteiger partial charge on any atom is 0.305 e. The first-order valence-corrected chi connectivity index (χ1v) is 6.97. The predicted octanol–water partition coefficient (Wildman–Crippen LogP) is 3.77. The van der Waals surface area contributed by atoms with Gasteiger partial charge in [-0.3, -0.25) is 9.78 Å². The summed E-state index contributed by atoms with van der Waals surface area (Å²) in [6.07, 6.45) is 4.90. The molecule has 2 aromatic rings. The second-order valence-corrected chi connectivity index (χ2v) is 4.84. The van der Waals surface area contributed by atoms with Crippen LogP contribution in [0.3, 0.4) is 0 Å². The maximum atomic E-state index is 12.9. The van der Waals surface area contributed by atoms with Gasteiger partial charge in [0.1, 0.15) is 5.82 Å². The normalized spacial score (nSPS) is 10.4.